The monoisotopic (exact) mass is 428 g/mol. The molecular formula is C20H20N4O5S. The number of hydrogen-bond acceptors (Lipinski definition) is 6. The van der Waals surface area contributed by atoms with Crippen LogP contribution < -0.4 is 25.5 Å². The molecule has 3 N–H and O–H groups in total. The van der Waals surface area contributed by atoms with E-state index in [4.69, 9.17) is 27.4 Å². The second-order valence-corrected chi connectivity index (χ2v) is 6.75. The Balaban J connectivity index is 1.87. The first kappa shape index (κ1) is 21.1. The number of nitrogens with one attached hydrogen (secondary N) is 1. The number of thiocarbonyl (C=S) groups is 1. The second-order valence-electron chi connectivity index (χ2n) is 6.38. The predicted octanol–water partition coefficient (Wildman–Crippen LogP) is 1.23. The molecular weight excluding hydrogens is 408 g/mol. The van der Waals surface area contributed by atoms with Crippen LogP contribution in [0.4, 0.5) is 5.69 Å². The Hall–Kier alpha value is -3.66. The zero-order valence-electron chi connectivity index (χ0n) is 16.3. The first-order valence-corrected chi connectivity index (χ1v) is 9.31. The van der Waals surface area contributed by atoms with Gasteiger partial charge >= 0.3 is 0 Å². The van der Waals surface area contributed by atoms with Gasteiger partial charge in [-0.2, -0.15) is 0 Å². The third-order valence-corrected chi connectivity index (χ3v) is 4.89. The van der Waals surface area contributed by atoms with E-state index in [0.29, 0.717) is 22.7 Å². The smallest absolute Gasteiger partial charge is 0.269 e. The summed E-state index contributed by atoms with van der Waals surface area (Å²) in [6.07, 6.45) is -0.311. The summed E-state index contributed by atoms with van der Waals surface area (Å²) in [6, 6.07) is 12.0. The first-order chi connectivity index (χ1) is 14.3. The maximum Gasteiger partial charge on any atom is 0.269 e. The number of nitrogens with zero attached hydrogens (tertiary/aromatic N) is 2. The molecule has 0 saturated carbocycles. The minimum Gasteiger partial charge on any atom is -0.497 e. The van der Waals surface area contributed by atoms with Crippen LogP contribution in [0.25, 0.3) is 0 Å². The molecule has 0 unspecified atom stereocenters. The van der Waals surface area contributed by atoms with Crippen molar-refractivity contribution in [3.8, 4) is 11.5 Å². The van der Waals surface area contributed by atoms with Gasteiger partial charge in [0.15, 0.2) is 0 Å². The van der Waals surface area contributed by atoms with Crippen LogP contribution in [0.5, 0.6) is 11.5 Å². The highest BCUT2D eigenvalue weighted by Gasteiger charge is 2.45. The molecule has 0 radical (unpaired) electrons. The molecule has 0 bridgehead atoms. The van der Waals surface area contributed by atoms with E-state index in [1.54, 1.807) is 48.5 Å². The fraction of sp³-hybridized carbons (Fsp3) is 0.200. The molecule has 3 amide bonds. The van der Waals surface area contributed by atoms with Gasteiger partial charge in [-0.3, -0.25) is 24.7 Å². The maximum atomic E-state index is 13.0. The van der Waals surface area contributed by atoms with Crippen LogP contribution in [-0.4, -0.2) is 48.1 Å². The second kappa shape index (κ2) is 8.78. The van der Waals surface area contributed by atoms with E-state index in [1.807, 2.05) is 0 Å². The van der Waals surface area contributed by atoms with Crippen molar-refractivity contribution >= 4 is 40.7 Å². The summed E-state index contributed by atoms with van der Waals surface area (Å²) >= 11 is 5.43. The van der Waals surface area contributed by atoms with E-state index in [-0.39, 0.29) is 11.5 Å². The predicted molar refractivity (Wildman–Crippen MR) is 113 cm³/mol. The number of benzene rings is 2. The topological polar surface area (TPSA) is 114 Å². The van der Waals surface area contributed by atoms with E-state index >= 15 is 0 Å². The summed E-state index contributed by atoms with van der Waals surface area (Å²) in [5.74, 6) is -0.473. The van der Waals surface area contributed by atoms with Gasteiger partial charge in [0.2, 0.25) is 11.0 Å². The minimum absolute atomic E-state index is 0.0262. The number of primary amides is 1. The number of carbonyl (C=O) groups is 3. The molecule has 0 spiro atoms. The van der Waals surface area contributed by atoms with Gasteiger partial charge < -0.3 is 15.2 Å². The van der Waals surface area contributed by atoms with Gasteiger partial charge in [0.25, 0.3) is 11.8 Å². The zero-order chi connectivity index (χ0) is 21.8. The van der Waals surface area contributed by atoms with Crippen LogP contribution >= 0.6 is 12.2 Å². The number of methoxy groups -OCH3 is 2. The van der Waals surface area contributed by atoms with Gasteiger partial charge in [-0.1, -0.05) is 0 Å². The highest BCUT2D eigenvalue weighted by Crippen LogP contribution is 2.27. The van der Waals surface area contributed by atoms with Gasteiger partial charge in [0, 0.05) is 5.56 Å². The number of carbonyl (C=O) groups excluding carboxylic acids is 3. The van der Waals surface area contributed by atoms with Crippen molar-refractivity contribution in [1.82, 2.24) is 10.4 Å². The quantitative estimate of drug-likeness (QED) is 0.638. The number of anilines is 1. The lowest BCUT2D eigenvalue weighted by Crippen LogP contribution is -2.49. The number of nitrogens with two attached hydrogens (primary N) is 1. The largest absolute Gasteiger partial charge is 0.497 e. The summed E-state index contributed by atoms with van der Waals surface area (Å²) < 4.78 is 10.2. The molecule has 10 heteroatoms. The average Bonchev–Trinajstić information content (AvgIpc) is 2.97. The fourth-order valence-electron chi connectivity index (χ4n) is 2.97. The van der Waals surface area contributed by atoms with Gasteiger partial charge in [0.05, 0.1) is 26.3 Å². The molecule has 1 fully saturated rings. The third-order valence-electron chi connectivity index (χ3n) is 4.51. The lowest BCUT2D eigenvalue weighted by atomic mass is 10.2. The Labute approximate surface area is 178 Å². The molecule has 1 aliphatic rings. The number of hydrogen-bond donors (Lipinski definition) is 2. The van der Waals surface area contributed by atoms with Crippen LogP contribution in [0.15, 0.2) is 48.5 Å². The lowest BCUT2D eigenvalue weighted by molar-refractivity contribution is -0.125. The summed E-state index contributed by atoms with van der Waals surface area (Å²) in [7, 11) is 3.05. The van der Waals surface area contributed by atoms with Crippen molar-refractivity contribution in [3.05, 3.63) is 54.1 Å². The van der Waals surface area contributed by atoms with Crippen LogP contribution in [0, 0.1) is 0 Å². The zero-order valence-corrected chi connectivity index (χ0v) is 17.1. The molecule has 1 aliphatic heterocycles. The lowest BCUT2D eigenvalue weighted by Gasteiger charge is -2.24. The van der Waals surface area contributed by atoms with Crippen molar-refractivity contribution in [2.75, 3.05) is 19.1 Å². The van der Waals surface area contributed by atoms with Crippen LogP contribution in [0.1, 0.15) is 16.8 Å². The Morgan fingerprint density at radius 1 is 1.03 bits per heavy atom. The molecule has 9 nitrogen and oxygen atoms in total. The Kier molecular flexibility index (Phi) is 6.17. The van der Waals surface area contributed by atoms with E-state index in [2.05, 4.69) is 5.43 Å². The molecule has 156 valence electrons. The Bertz CT molecular complexity index is 978. The molecule has 2 aromatic carbocycles. The molecule has 1 heterocycles. The van der Waals surface area contributed by atoms with E-state index < -0.39 is 23.8 Å². The first-order valence-electron chi connectivity index (χ1n) is 8.90. The Morgan fingerprint density at radius 3 is 2.07 bits per heavy atom. The van der Waals surface area contributed by atoms with Crippen molar-refractivity contribution in [1.29, 1.82) is 0 Å². The molecule has 0 aromatic heterocycles. The molecule has 30 heavy (non-hydrogen) atoms. The summed E-state index contributed by atoms with van der Waals surface area (Å²) in [5, 5.41) is 1.22. The summed E-state index contributed by atoms with van der Waals surface area (Å²) in [6.45, 7) is 0. The van der Waals surface area contributed by atoms with Crippen molar-refractivity contribution in [3.63, 3.8) is 0 Å². The molecule has 2 aromatic rings. The summed E-state index contributed by atoms with van der Waals surface area (Å²) in [4.78, 5) is 38.5. The number of hydrazine groups is 1. The number of ether oxygens (including phenoxy) is 2. The van der Waals surface area contributed by atoms with Crippen molar-refractivity contribution < 1.29 is 23.9 Å². The normalized spacial score (nSPS) is 15.9. The minimum atomic E-state index is -1.06. The van der Waals surface area contributed by atoms with Crippen molar-refractivity contribution in [2.24, 2.45) is 5.73 Å². The highest BCUT2D eigenvalue weighted by molar-refractivity contribution is 7.80. The molecule has 1 saturated heterocycles. The van der Waals surface area contributed by atoms with Gasteiger partial charge in [-0.15, -0.1) is 0 Å². The van der Waals surface area contributed by atoms with E-state index in [9.17, 15) is 14.4 Å². The number of amides is 3. The van der Waals surface area contributed by atoms with Crippen LogP contribution in [0.2, 0.25) is 0 Å². The molecule has 0 aliphatic carbocycles. The van der Waals surface area contributed by atoms with Crippen molar-refractivity contribution in [2.45, 2.75) is 12.5 Å². The molecule has 3 rings (SSSR count). The third kappa shape index (κ3) is 4.18. The standard InChI is InChI=1S/C20H20N4O5S/c1-28-14-7-3-12(4-8-14)18(26)22-24-16(11-17(21)25)19(27)23(20(24)30)13-5-9-15(29-2)10-6-13/h3-10,16H,11H2,1-2H3,(H2,21,25)(H,22,26)/t16-/m0/s1. The van der Waals surface area contributed by atoms with E-state index in [1.165, 1.54) is 24.1 Å². The maximum absolute atomic E-state index is 13.0. The fourth-order valence-corrected chi connectivity index (χ4v) is 3.34. The van der Waals surface area contributed by atoms with Gasteiger partial charge in [0.1, 0.15) is 17.5 Å². The molecule has 1 atom stereocenters. The SMILES string of the molecule is COc1ccc(C(=O)NN2C(=S)N(c3ccc(OC)cc3)C(=O)[C@@H]2CC(N)=O)cc1. The van der Waals surface area contributed by atoms with Crippen LogP contribution in [-0.2, 0) is 9.59 Å². The van der Waals surface area contributed by atoms with Gasteiger partial charge in [-0.05, 0) is 60.7 Å². The van der Waals surface area contributed by atoms with E-state index in [0.717, 1.165) is 0 Å². The van der Waals surface area contributed by atoms with Crippen LogP contribution in [0.3, 0.4) is 0 Å². The highest BCUT2D eigenvalue weighted by atomic mass is 32.1. The Morgan fingerprint density at radius 2 is 1.57 bits per heavy atom. The summed E-state index contributed by atoms with van der Waals surface area (Å²) in [5.41, 5.74) is 8.72. The number of rotatable bonds is 7. The van der Waals surface area contributed by atoms with Gasteiger partial charge in [-0.25, -0.2) is 5.01 Å². The average molecular weight is 428 g/mol.